The lowest BCUT2D eigenvalue weighted by Crippen LogP contribution is -2.52. The third-order valence-electron chi connectivity index (χ3n) is 6.63. The van der Waals surface area contributed by atoms with Crippen LogP contribution in [0.2, 0.25) is 0 Å². The summed E-state index contributed by atoms with van der Waals surface area (Å²) >= 11 is 0. The molecule has 0 amide bonds. The first-order valence-electron chi connectivity index (χ1n) is 8.98. The van der Waals surface area contributed by atoms with Crippen LogP contribution < -0.4 is 0 Å². The summed E-state index contributed by atoms with van der Waals surface area (Å²) in [4.78, 5) is 17.4. The molecule has 0 radical (unpaired) electrons. The molecule has 0 spiro atoms. The summed E-state index contributed by atoms with van der Waals surface area (Å²) in [5, 5.41) is 0. The van der Waals surface area contributed by atoms with Gasteiger partial charge in [0.05, 0.1) is 0 Å². The number of hydrogen-bond donors (Lipinski definition) is 0. The average molecular weight is 309 g/mol. The molecule has 4 bridgehead atoms. The summed E-state index contributed by atoms with van der Waals surface area (Å²) in [5.41, 5.74) is 2.23. The van der Waals surface area contributed by atoms with Crippen LogP contribution in [-0.2, 0) is 9.53 Å². The van der Waals surface area contributed by atoms with Crippen LogP contribution in [0.4, 0.5) is 0 Å². The van der Waals surface area contributed by atoms with E-state index < -0.39 is 0 Å². The molecule has 0 saturated heterocycles. The lowest BCUT2D eigenvalue weighted by molar-refractivity contribution is -0.144. The molecular formula is C20H23NO2. The highest BCUT2D eigenvalue weighted by Crippen LogP contribution is 2.62. The molecule has 1 atom stereocenters. The summed E-state index contributed by atoms with van der Waals surface area (Å²) in [6.07, 6.45) is 7.71. The second-order valence-corrected chi connectivity index (χ2v) is 8.40. The van der Waals surface area contributed by atoms with Crippen molar-refractivity contribution in [3.63, 3.8) is 0 Å². The van der Waals surface area contributed by atoms with Crippen molar-refractivity contribution >= 4 is 11.9 Å². The van der Waals surface area contributed by atoms with E-state index >= 15 is 0 Å². The Morgan fingerprint density at radius 3 is 2.13 bits per heavy atom. The standard InChI is InChI=1S/C20H23NO2/c1-12-2-4-16(5-3-12)18-21-17(19(22)23-18)20-9-13-6-14(10-20)8-15(7-13)11-20/h2-5,13-15,17H,6-11H2,1H3/t13?,14?,15?,17-,20?/m0/s1. The maximum Gasteiger partial charge on any atom is 0.338 e. The van der Waals surface area contributed by atoms with Gasteiger partial charge in [-0.3, -0.25) is 0 Å². The monoisotopic (exact) mass is 309 g/mol. The molecule has 120 valence electrons. The van der Waals surface area contributed by atoms with Gasteiger partial charge in [-0.15, -0.1) is 0 Å². The van der Waals surface area contributed by atoms with Gasteiger partial charge in [0.2, 0.25) is 5.90 Å². The second kappa shape index (κ2) is 4.68. The smallest absolute Gasteiger partial charge is 0.338 e. The van der Waals surface area contributed by atoms with Crippen LogP contribution in [0.1, 0.15) is 49.7 Å². The van der Waals surface area contributed by atoms with Crippen LogP contribution in [0.3, 0.4) is 0 Å². The summed E-state index contributed by atoms with van der Waals surface area (Å²) in [6, 6.07) is 7.84. The molecule has 0 N–H and O–H groups in total. The number of nitrogens with zero attached hydrogens (tertiary/aromatic N) is 1. The molecule has 3 nitrogen and oxygen atoms in total. The predicted octanol–water partition coefficient (Wildman–Crippen LogP) is 3.88. The van der Waals surface area contributed by atoms with E-state index in [9.17, 15) is 4.79 Å². The van der Waals surface area contributed by atoms with E-state index in [0.717, 1.165) is 23.3 Å². The van der Waals surface area contributed by atoms with Gasteiger partial charge in [-0.05, 0) is 75.3 Å². The lowest BCUT2D eigenvalue weighted by Gasteiger charge is -2.57. The highest BCUT2D eigenvalue weighted by atomic mass is 16.6. The van der Waals surface area contributed by atoms with Crippen LogP contribution >= 0.6 is 0 Å². The van der Waals surface area contributed by atoms with Crippen LogP contribution in [0.5, 0.6) is 0 Å². The van der Waals surface area contributed by atoms with Gasteiger partial charge in [-0.1, -0.05) is 17.7 Å². The minimum absolute atomic E-state index is 0.0955. The van der Waals surface area contributed by atoms with Crippen molar-refractivity contribution in [1.82, 2.24) is 0 Å². The minimum atomic E-state index is -0.257. The Balaban J connectivity index is 1.48. The van der Waals surface area contributed by atoms with Gasteiger partial charge < -0.3 is 4.74 Å². The van der Waals surface area contributed by atoms with E-state index in [1.807, 2.05) is 24.3 Å². The Bertz CT molecular complexity index is 653. The molecule has 4 fully saturated rings. The normalized spacial score (nSPS) is 41.1. The molecule has 4 saturated carbocycles. The quantitative estimate of drug-likeness (QED) is 0.778. The van der Waals surface area contributed by atoms with E-state index in [0.29, 0.717) is 5.90 Å². The van der Waals surface area contributed by atoms with Gasteiger partial charge in [0, 0.05) is 11.0 Å². The number of benzene rings is 1. The maximum absolute atomic E-state index is 12.6. The molecule has 4 aliphatic carbocycles. The summed E-state index contributed by atoms with van der Waals surface area (Å²) in [7, 11) is 0. The topological polar surface area (TPSA) is 38.7 Å². The largest absolute Gasteiger partial charge is 0.406 e. The van der Waals surface area contributed by atoms with Crippen molar-refractivity contribution < 1.29 is 9.53 Å². The molecular weight excluding hydrogens is 286 g/mol. The SMILES string of the molecule is Cc1ccc(C2=N[C@H](C34CC5CC(CC(C5)C3)C4)C(=O)O2)cc1. The van der Waals surface area contributed by atoms with Gasteiger partial charge in [0.25, 0.3) is 0 Å². The van der Waals surface area contributed by atoms with Gasteiger partial charge in [0.1, 0.15) is 0 Å². The van der Waals surface area contributed by atoms with Crippen molar-refractivity contribution in [2.75, 3.05) is 0 Å². The molecule has 6 rings (SSSR count). The molecule has 1 aliphatic heterocycles. The number of carbonyl (C=O) groups excluding carboxylic acids is 1. The van der Waals surface area contributed by atoms with Crippen molar-refractivity contribution in [2.45, 2.75) is 51.5 Å². The van der Waals surface area contributed by atoms with Crippen LogP contribution in [0.15, 0.2) is 29.3 Å². The number of ether oxygens (including phenoxy) is 1. The van der Waals surface area contributed by atoms with Crippen LogP contribution in [0.25, 0.3) is 0 Å². The fourth-order valence-electron chi connectivity index (χ4n) is 6.08. The third-order valence-corrected chi connectivity index (χ3v) is 6.63. The lowest BCUT2D eigenvalue weighted by atomic mass is 9.48. The number of hydrogen-bond acceptors (Lipinski definition) is 3. The Kier molecular flexibility index (Phi) is 2.80. The molecule has 23 heavy (non-hydrogen) atoms. The molecule has 1 aromatic rings. The molecule has 1 heterocycles. The number of rotatable bonds is 2. The summed E-state index contributed by atoms with van der Waals surface area (Å²) < 4.78 is 5.60. The summed E-state index contributed by atoms with van der Waals surface area (Å²) in [6.45, 7) is 2.06. The van der Waals surface area contributed by atoms with Gasteiger partial charge in [-0.25, -0.2) is 9.79 Å². The zero-order chi connectivity index (χ0) is 15.6. The van der Waals surface area contributed by atoms with E-state index in [4.69, 9.17) is 9.73 Å². The first-order valence-corrected chi connectivity index (χ1v) is 8.98. The third kappa shape index (κ3) is 2.09. The van der Waals surface area contributed by atoms with Gasteiger partial charge >= 0.3 is 5.97 Å². The number of carbonyl (C=O) groups is 1. The van der Waals surface area contributed by atoms with Gasteiger partial charge in [-0.2, -0.15) is 0 Å². The van der Waals surface area contributed by atoms with Crippen molar-refractivity contribution in [2.24, 2.45) is 28.2 Å². The van der Waals surface area contributed by atoms with Crippen LogP contribution in [-0.4, -0.2) is 17.9 Å². The first-order chi connectivity index (χ1) is 11.1. The van der Waals surface area contributed by atoms with E-state index in [2.05, 4.69) is 6.92 Å². The Morgan fingerprint density at radius 1 is 1.00 bits per heavy atom. The molecule has 5 aliphatic rings. The number of cyclic esters (lactones) is 1. The number of aliphatic imine (C=N–C) groups is 1. The molecule has 0 unspecified atom stereocenters. The summed E-state index contributed by atoms with van der Waals surface area (Å²) in [5.74, 6) is 2.91. The predicted molar refractivity (Wildman–Crippen MR) is 88.2 cm³/mol. The van der Waals surface area contributed by atoms with E-state index in [1.165, 1.54) is 44.1 Å². The second-order valence-electron chi connectivity index (χ2n) is 8.40. The number of esters is 1. The van der Waals surface area contributed by atoms with E-state index in [-0.39, 0.29) is 17.4 Å². The Morgan fingerprint density at radius 2 is 1.57 bits per heavy atom. The zero-order valence-electron chi connectivity index (χ0n) is 13.6. The maximum atomic E-state index is 12.6. The van der Waals surface area contributed by atoms with Crippen molar-refractivity contribution in [3.05, 3.63) is 35.4 Å². The minimum Gasteiger partial charge on any atom is -0.406 e. The highest BCUT2D eigenvalue weighted by Gasteiger charge is 2.58. The average Bonchev–Trinajstić information content (AvgIpc) is 2.89. The zero-order valence-corrected chi connectivity index (χ0v) is 13.6. The van der Waals surface area contributed by atoms with Crippen LogP contribution in [0, 0.1) is 30.1 Å². The fraction of sp³-hybridized carbons (Fsp3) is 0.600. The molecule has 3 heteroatoms. The number of aryl methyl sites for hydroxylation is 1. The van der Waals surface area contributed by atoms with Gasteiger partial charge in [0.15, 0.2) is 6.04 Å². The van der Waals surface area contributed by atoms with E-state index in [1.54, 1.807) is 0 Å². The van der Waals surface area contributed by atoms with Crippen molar-refractivity contribution in [3.8, 4) is 0 Å². The molecule has 0 aromatic heterocycles. The molecule has 1 aromatic carbocycles. The highest BCUT2D eigenvalue weighted by molar-refractivity contribution is 6.06. The fourth-order valence-corrected chi connectivity index (χ4v) is 6.08. The van der Waals surface area contributed by atoms with Crippen molar-refractivity contribution in [1.29, 1.82) is 0 Å². The Labute approximate surface area is 137 Å². The Hall–Kier alpha value is -1.64. The first kappa shape index (κ1) is 13.8.